The molecule has 0 bridgehead atoms. The van der Waals surface area contributed by atoms with Crippen LogP contribution in [0.15, 0.2) is 10.9 Å². The minimum atomic E-state index is -0.0746. The average molecular weight is 428 g/mol. The monoisotopic (exact) mass is 427 g/mol. The first kappa shape index (κ1) is 21.3. The summed E-state index contributed by atoms with van der Waals surface area (Å²) in [7, 11) is 0. The molecule has 1 saturated heterocycles. The zero-order valence-electron chi connectivity index (χ0n) is 18.4. The SMILES string of the molecule is Cc1cc(C)c(CN2CCCc3sc(CCC4CCNCC4)c(C)c3C2=O)c(=O)[nH]1. The Labute approximate surface area is 182 Å². The number of aryl methyl sites for hydroxylation is 4. The number of nitrogens with zero attached hydrogens (tertiary/aromatic N) is 1. The lowest BCUT2D eigenvalue weighted by atomic mass is 9.92. The van der Waals surface area contributed by atoms with Crippen molar-refractivity contribution < 1.29 is 4.79 Å². The molecule has 5 nitrogen and oxygen atoms in total. The molecule has 0 atom stereocenters. The van der Waals surface area contributed by atoms with Crippen molar-refractivity contribution in [2.45, 2.75) is 65.8 Å². The van der Waals surface area contributed by atoms with Crippen LogP contribution in [0.25, 0.3) is 0 Å². The Morgan fingerprint density at radius 3 is 2.67 bits per heavy atom. The number of carbonyl (C=O) groups is 1. The highest BCUT2D eigenvalue weighted by atomic mass is 32.1. The first-order valence-electron chi connectivity index (χ1n) is 11.2. The third-order valence-electron chi connectivity index (χ3n) is 6.73. The molecule has 2 aliphatic heterocycles. The minimum absolute atomic E-state index is 0.0746. The van der Waals surface area contributed by atoms with E-state index in [2.05, 4.69) is 17.2 Å². The van der Waals surface area contributed by atoms with E-state index in [0.29, 0.717) is 18.7 Å². The number of rotatable bonds is 5. The molecule has 0 aromatic carbocycles. The fourth-order valence-electron chi connectivity index (χ4n) is 4.93. The van der Waals surface area contributed by atoms with Gasteiger partial charge in [-0.05, 0) is 95.5 Å². The molecule has 6 heteroatoms. The van der Waals surface area contributed by atoms with Gasteiger partial charge in [0.1, 0.15) is 0 Å². The molecule has 2 N–H and O–H groups in total. The number of thiophene rings is 1. The molecule has 4 heterocycles. The summed E-state index contributed by atoms with van der Waals surface area (Å²) in [5.41, 5.74) is 4.54. The predicted octanol–water partition coefficient (Wildman–Crippen LogP) is 3.88. The molecule has 4 rings (SSSR count). The van der Waals surface area contributed by atoms with Crippen LogP contribution in [0.4, 0.5) is 0 Å². The molecule has 0 spiro atoms. The molecule has 1 amide bonds. The van der Waals surface area contributed by atoms with Gasteiger partial charge in [0.05, 0.1) is 12.1 Å². The van der Waals surface area contributed by atoms with Gasteiger partial charge in [-0.2, -0.15) is 0 Å². The van der Waals surface area contributed by atoms with Gasteiger partial charge in [-0.15, -0.1) is 11.3 Å². The van der Waals surface area contributed by atoms with Crippen LogP contribution < -0.4 is 10.9 Å². The standard InChI is InChI=1S/C24H33N3O2S/c1-15-13-16(2)26-23(28)19(15)14-27-12-4-5-21-22(24(27)29)17(3)20(30-21)7-6-18-8-10-25-11-9-18/h13,18,25H,4-12,14H2,1-3H3,(H,26,28). The van der Waals surface area contributed by atoms with Crippen molar-refractivity contribution in [2.24, 2.45) is 5.92 Å². The highest BCUT2D eigenvalue weighted by Crippen LogP contribution is 2.34. The smallest absolute Gasteiger partial charge is 0.255 e. The van der Waals surface area contributed by atoms with Crippen LogP contribution in [-0.4, -0.2) is 35.4 Å². The highest BCUT2D eigenvalue weighted by Gasteiger charge is 2.29. The number of fused-ring (bicyclic) bond motifs is 1. The fraction of sp³-hybridized carbons (Fsp3) is 0.583. The van der Waals surface area contributed by atoms with Crippen LogP contribution in [0.5, 0.6) is 0 Å². The van der Waals surface area contributed by atoms with Crippen LogP contribution >= 0.6 is 11.3 Å². The molecule has 2 aromatic rings. The lowest BCUT2D eigenvalue weighted by Gasteiger charge is -2.23. The summed E-state index contributed by atoms with van der Waals surface area (Å²) in [6.45, 7) is 9.33. The summed E-state index contributed by atoms with van der Waals surface area (Å²) in [6, 6.07) is 1.99. The van der Waals surface area contributed by atoms with Gasteiger partial charge in [0, 0.05) is 27.6 Å². The van der Waals surface area contributed by atoms with Crippen molar-refractivity contribution in [3.63, 3.8) is 0 Å². The maximum Gasteiger partial charge on any atom is 0.255 e. The van der Waals surface area contributed by atoms with E-state index in [4.69, 9.17) is 0 Å². The lowest BCUT2D eigenvalue weighted by molar-refractivity contribution is 0.0747. The Morgan fingerprint density at radius 2 is 1.93 bits per heavy atom. The summed E-state index contributed by atoms with van der Waals surface area (Å²) < 4.78 is 0. The molecule has 0 radical (unpaired) electrons. The van der Waals surface area contributed by atoms with Crippen LogP contribution in [0.3, 0.4) is 0 Å². The van der Waals surface area contributed by atoms with Gasteiger partial charge in [0.25, 0.3) is 11.5 Å². The maximum atomic E-state index is 13.5. The molecular weight excluding hydrogens is 394 g/mol. The number of H-pyrrole nitrogens is 1. The Hall–Kier alpha value is -1.92. The maximum absolute atomic E-state index is 13.5. The zero-order valence-corrected chi connectivity index (χ0v) is 19.2. The first-order chi connectivity index (χ1) is 14.4. The number of hydrogen-bond donors (Lipinski definition) is 2. The molecule has 0 saturated carbocycles. The Morgan fingerprint density at radius 1 is 1.17 bits per heavy atom. The molecule has 2 aliphatic rings. The van der Waals surface area contributed by atoms with Gasteiger partial charge in [-0.3, -0.25) is 9.59 Å². The van der Waals surface area contributed by atoms with Gasteiger partial charge >= 0.3 is 0 Å². The summed E-state index contributed by atoms with van der Waals surface area (Å²) in [5.74, 6) is 0.903. The van der Waals surface area contributed by atoms with Crippen molar-refractivity contribution in [1.29, 1.82) is 0 Å². The molecule has 2 aromatic heterocycles. The molecule has 1 fully saturated rings. The summed E-state index contributed by atoms with van der Waals surface area (Å²) in [5, 5.41) is 3.44. The number of hydrogen-bond acceptors (Lipinski definition) is 4. The lowest BCUT2D eigenvalue weighted by Crippen LogP contribution is -2.33. The van der Waals surface area contributed by atoms with E-state index >= 15 is 0 Å². The van der Waals surface area contributed by atoms with E-state index in [1.807, 2.05) is 36.2 Å². The topological polar surface area (TPSA) is 65.2 Å². The second kappa shape index (κ2) is 9.06. The predicted molar refractivity (Wildman–Crippen MR) is 123 cm³/mol. The van der Waals surface area contributed by atoms with Gasteiger partial charge in [-0.25, -0.2) is 0 Å². The van der Waals surface area contributed by atoms with Gasteiger partial charge in [0.15, 0.2) is 0 Å². The molecule has 162 valence electrons. The van der Waals surface area contributed by atoms with Crippen molar-refractivity contribution >= 4 is 17.2 Å². The van der Waals surface area contributed by atoms with E-state index < -0.39 is 0 Å². The number of pyridine rings is 1. The third-order valence-corrected chi connectivity index (χ3v) is 8.14. The van der Waals surface area contributed by atoms with Crippen molar-refractivity contribution in [3.05, 3.63) is 54.1 Å². The van der Waals surface area contributed by atoms with Gasteiger partial charge < -0.3 is 15.2 Å². The van der Waals surface area contributed by atoms with Crippen molar-refractivity contribution in [1.82, 2.24) is 15.2 Å². The van der Waals surface area contributed by atoms with E-state index in [-0.39, 0.29) is 11.5 Å². The van der Waals surface area contributed by atoms with Gasteiger partial charge in [0.2, 0.25) is 0 Å². The largest absolute Gasteiger partial charge is 0.334 e. The third kappa shape index (κ3) is 4.40. The minimum Gasteiger partial charge on any atom is -0.334 e. The Kier molecular flexibility index (Phi) is 6.44. The molecule has 0 unspecified atom stereocenters. The van der Waals surface area contributed by atoms with Gasteiger partial charge in [-0.1, -0.05) is 0 Å². The molecule has 30 heavy (non-hydrogen) atoms. The van der Waals surface area contributed by atoms with Crippen LogP contribution in [0.2, 0.25) is 0 Å². The number of amides is 1. The molecular formula is C24H33N3O2S. The zero-order chi connectivity index (χ0) is 21.3. The normalized spacial score (nSPS) is 17.8. The van der Waals surface area contributed by atoms with E-state index in [9.17, 15) is 9.59 Å². The van der Waals surface area contributed by atoms with Crippen molar-refractivity contribution in [3.8, 4) is 0 Å². The Bertz CT molecular complexity index is 985. The number of aromatic nitrogens is 1. The second-order valence-corrected chi connectivity index (χ2v) is 10.1. The summed E-state index contributed by atoms with van der Waals surface area (Å²) in [6.07, 6.45) is 6.74. The number of nitrogens with one attached hydrogen (secondary N) is 2. The second-order valence-electron chi connectivity index (χ2n) is 8.95. The number of piperidine rings is 1. The molecule has 0 aliphatic carbocycles. The quantitative estimate of drug-likeness (QED) is 0.761. The van der Waals surface area contributed by atoms with E-state index in [1.165, 1.54) is 34.6 Å². The average Bonchev–Trinajstić information content (AvgIpc) is 2.94. The van der Waals surface area contributed by atoms with E-state index in [0.717, 1.165) is 55.1 Å². The Balaban J connectivity index is 1.53. The summed E-state index contributed by atoms with van der Waals surface area (Å²) in [4.78, 5) is 33.4. The van der Waals surface area contributed by atoms with Crippen LogP contribution in [-0.2, 0) is 19.4 Å². The fourth-order valence-corrected chi connectivity index (χ4v) is 6.30. The van der Waals surface area contributed by atoms with Crippen LogP contribution in [0.1, 0.15) is 68.2 Å². The highest BCUT2D eigenvalue weighted by molar-refractivity contribution is 7.12. The number of aromatic amines is 1. The van der Waals surface area contributed by atoms with Crippen molar-refractivity contribution in [2.75, 3.05) is 19.6 Å². The first-order valence-corrected chi connectivity index (χ1v) is 12.1. The number of carbonyl (C=O) groups excluding carboxylic acids is 1. The van der Waals surface area contributed by atoms with E-state index in [1.54, 1.807) is 0 Å². The summed E-state index contributed by atoms with van der Waals surface area (Å²) >= 11 is 1.85. The van der Waals surface area contributed by atoms with Crippen LogP contribution in [0, 0.1) is 26.7 Å².